The summed E-state index contributed by atoms with van der Waals surface area (Å²) in [6.45, 7) is 10.3. The number of halogens is 1. The van der Waals surface area contributed by atoms with E-state index in [2.05, 4.69) is 31.7 Å². The number of piperazine rings is 1. The molecule has 0 amide bonds. The number of anilines is 2. The maximum atomic E-state index is 7.96. The second kappa shape index (κ2) is 11.3. The molecule has 0 unspecified atom stereocenters. The average Bonchev–Trinajstić information content (AvgIpc) is 2.81. The monoisotopic (exact) mass is 428 g/mol. The Bertz CT molecular complexity index is 789. The standard InChI is InChI=1S/C23H33ClN6/c1-3-19(24)10-9-18(2)16-26-22-21(15-25)23(28-17-27-22)30-13-11-29(12-14-30)20-7-5-4-6-8-20/h3,9-10,15,17,20,25H,1,4-8,11-14,16H2,2H3,(H,26,27,28)/b18-9+,19-10+,25-15?. The summed E-state index contributed by atoms with van der Waals surface area (Å²) < 4.78 is 0. The molecule has 0 atom stereocenters. The highest BCUT2D eigenvalue weighted by Gasteiger charge is 2.26. The molecule has 30 heavy (non-hydrogen) atoms. The van der Waals surface area contributed by atoms with Crippen molar-refractivity contribution in [3.05, 3.63) is 47.3 Å². The van der Waals surface area contributed by atoms with Crippen molar-refractivity contribution in [2.75, 3.05) is 42.9 Å². The molecule has 6 nitrogen and oxygen atoms in total. The molecule has 162 valence electrons. The molecule has 2 N–H and O–H groups in total. The normalized spacial score (nSPS) is 19.6. The van der Waals surface area contributed by atoms with Gasteiger partial charge >= 0.3 is 0 Å². The molecule has 2 aliphatic rings. The summed E-state index contributed by atoms with van der Waals surface area (Å²) in [7, 11) is 0. The summed E-state index contributed by atoms with van der Waals surface area (Å²) in [5.41, 5.74) is 1.85. The zero-order valence-corrected chi connectivity index (χ0v) is 18.7. The minimum absolute atomic E-state index is 0.603. The van der Waals surface area contributed by atoms with E-state index in [1.807, 2.05) is 19.1 Å². The van der Waals surface area contributed by atoms with Crippen LogP contribution in [0.3, 0.4) is 0 Å². The van der Waals surface area contributed by atoms with E-state index in [0.29, 0.717) is 17.4 Å². The molecular weight excluding hydrogens is 396 g/mol. The fraction of sp³-hybridized carbons (Fsp3) is 0.522. The Morgan fingerprint density at radius 3 is 2.60 bits per heavy atom. The van der Waals surface area contributed by atoms with Crippen LogP contribution in [0.1, 0.15) is 44.6 Å². The predicted molar refractivity (Wildman–Crippen MR) is 127 cm³/mol. The molecule has 2 heterocycles. The Balaban J connectivity index is 1.64. The molecule has 0 bridgehead atoms. The van der Waals surface area contributed by atoms with Gasteiger partial charge in [-0.25, -0.2) is 9.97 Å². The van der Waals surface area contributed by atoms with Crippen LogP contribution in [0.15, 0.2) is 41.7 Å². The van der Waals surface area contributed by atoms with Crippen LogP contribution in [-0.2, 0) is 0 Å². The van der Waals surface area contributed by atoms with Crippen LogP contribution in [0.5, 0.6) is 0 Å². The van der Waals surface area contributed by atoms with Crippen LogP contribution in [-0.4, -0.2) is 59.8 Å². The quantitative estimate of drug-likeness (QED) is 0.468. The van der Waals surface area contributed by atoms with Gasteiger partial charge in [0.15, 0.2) is 0 Å². The van der Waals surface area contributed by atoms with E-state index in [9.17, 15) is 0 Å². The molecular formula is C23H33ClN6. The van der Waals surface area contributed by atoms with Gasteiger partial charge in [0.25, 0.3) is 0 Å². The topological polar surface area (TPSA) is 68.1 Å². The van der Waals surface area contributed by atoms with Crippen LogP contribution in [0.25, 0.3) is 0 Å². The van der Waals surface area contributed by atoms with E-state index in [1.165, 1.54) is 38.3 Å². The molecule has 1 aliphatic carbocycles. The minimum atomic E-state index is 0.603. The molecule has 2 fully saturated rings. The van der Waals surface area contributed by atoms with Crippen molar-refractivity contribution in [2.24, 2.45) is 0 Å². The maximum absolute atomic E-state index is 7.96. The number of hydrogen-bond donors (Lipinski definition) is 2. The molecule has 0 spiro atoms. The fourth-order valence-corrected chi connectivity index (χ4v) is 4.29. The second-order valence-corrected chi connectivity index (χ2v) is 8.48. The average molecular weight is 429 g/mol. The first-order chi connectivity index (χ1) is 14.6. The van der Waals surface area contributed by atoms with Crippen molar-refractivity contribution in [3.63, 3.8) is 0 Å². The van der Waals surface area contributed by atoms with Crippen molar-refractivity contribution in [2.45, 2.75) is 45.1 Å². The summed E-state index contributed by atoms with van der Waals surface area (Å²) in [5, 5.41) is 11.9. The van der Waals surface area contributed by atoms with E-state index < -0.39 is 0 Å². The third kappa shape index (κ3) is 5.92. The molecule has 1 saturated heterocycles. The summed E-state index contributed by atoms with van der Waals surface area (Å²) in [6, 6.07) is 0.754. The van der Waals surface area contributed by atoms with Crippen LogP contribution >= 0.6 is 11.6 Å². The lowest BCUT2D eigenvalue weighted by Gasteiger charge is -2.41. The predicted octanol–water partition coefficient (Wildman–Crippen LogP) is 4.60. The van der Waals surface area contributed by atoms with Gasteiger partial charge in [0.05, 0.1) is 5.56 Å². The van der Waals surface area contributed by atoms with E-state index >= 15 is 0 Å². The number of hydrogen-bond acceptors (Lipinski definition) is 6. The van der Waals surface area contributed by atoms with Gasteiger partial charge < -0.3 is 15.6 Å². The number of nitrogens with zero attached hydrogens (tertiary/aromatic N) is 4. The lowest BCUT2D eigenvalue weighted by Crippen LogP contribution is -2.51. The first kappa shape index (κ1) is 22.5. The van der Waals surface area contributed by atoms with E-state index in [1.54, 1.807) is 12.4 Å². The molecule has 1 aliphatic heterocycles. The summed E-state index contributed by atoms with van der Waals surface area (Å²) in [4.78, 5) is 13.8. The van der Waals surface area contributed by atoms with Gasteiger partial charge in [0.1, 0.15) is 18.0 Å². The SMILES string of the molecule is C=C/C(Cl)=C\C=C(/C)CNc1ncnc(N2CCN(C3CCCCC3)CC2)c1C=N. The van der Waals surface area contributed by atoms with Crippen LogP contribution in [0.4, 0.5) is 11.6 Å². The van der Waals surface area contributed by atoms with Crippen molar-refractivity contribution >= 4 is 29.5 Å². The Morgan fingerprint density at radius 1 is 1.20 bits per heavy atom. The zero-order valence-electron chi connectivity index (χ0n) is 17.9. The van der Waals surface area contributed by atoms with Gasteiger partial charge in [0.2, 0.25) is 0 Å². The Kier molecular flexibility index (Phi) is 8.46. The third-order valence-corrected chi connectivity index (χ3v) is 6.25. The van der Waals surface area contributed by atoms with Crippen LogP contribution in [0.2, 0.25) is 0 Å². The highest BCUT2D eigenvalue weighted by molar-refractivity contribution is 6.31. The molecule has 0 aromatic carbocycles. The Labute approximate surface area is 185 Å². The summed E-state index contributed by atoms with van der Waals surface area (Å²) >= 11 is 5.96. The van der Waals surface area contributed by atoms with Gasteiger partial charge in [-0.3, -0.25) is 4.90 Å². The van der Waals surface area contributed by atoms with Crippen molar-refractivity contribution in [1.82, 2.24) is 14.9 Å². The van der Waals surface area contributed by atoms with Crippen molar-refractivity contribution in [3.8, 4) is 0 Å². The first-order valence-electron chi connectivity index (χ1n) is 10.9. The minimum Gasteiger partial charge on any atom is -0.366 e. The number of allylic oxidation sites excluding steroid dienone is 4. The number of aromatic nitrogens is 2. The zero-order chi connectivity index (χ0) is 21.3. The second-order valence-electron chi connectivity index (χ2n) is 8.04. The molecule has 0 radical (unpaired) electrons. The third-order valence-electron chi connectivity index (χ3n) is 5.97. The van der Waals surface area contributed by atoms with Gasteiger partial charge in [0, 0.05) is 50.0 Å². The van der Waals surface area contributed by atoms with E-state index in [-0.39, 0.29) is 0 Å². The summed E-state index contributed by atoms with van der Waals surface area (Å²) in [6.07, 6.45) is 15.1. The molecule has 3 rings (SSSR count). The molecule has 1 saturated carbocycles. The van der Waals surface area contributed by atoms with E-state index in [0.717, 1.165) is 49.2 Å². The fourth-order valence-electron chi connectivity index (χ4n) is 4.23. The number of rotatable bonds is 8. The largest absolute Gasteiger partial charge is 0.366 e. The van der Waals surface area contributed by atoms with Crippen LogP contribution < -0.4 is 10.2 Å². The highest BCUT2D eigenvalue weighted by atomic mass is 35.5. The van der Waals surface area contributed by atoms with Gasteiger partial charge in [-0.15, -0.1) is 0 Å². The van der Waals surface area contributed by atoms with Crippen molar-refractivity contribution in [1.29, 1.82) is 5.41 Å². The van der Waals surface area contributed by atoms with Gasteiger partial charge in [-0.1, -0.05) is 55.2 Å². The van der Waals surface area contributed by atoms with Gasteiger partial charge in [-0.2, -0.15) is 0 Å². The Hall–Kier alpha value is -2.18. The maximum Gasteiger partial charge on any atom is 0.143 e. The lowest BCUT2D eigenvalue weighted by molar-refractivity contribution is 0.147. The lowest BCUT2D eigenvalue weighted by atomic mass is 9.94. The first-order valence-corrected chi connectivity index (χ1v) is 11.2. The summed E-state index contributed by atoms with van der Waals surface area (Å²) in [5.74, 6) is 1.54. The number of nitrogens with one attached hydrogen (secondary N) is 2. The molecule has 7 heteroatoms. The molecule has 1 aromatic heterocycles. The van der Waals surface area contributed by atoms with Crippen molar-refractivity contribution < 1.29 is 0 Å². The van der Waals surface area contributed by atoms with Gasteiger partial charge in [-0.05, 0) is 25.8 Å². The molecule has 1 aromatic rings. The smallest absolute Gasteiger partial charge is 0.143 e. The van der Waals surface area contributed by atoms with E-state index in [4.69, 9.17) is 17.0 Å². The Morgan fingerprint density at radius 2 is 1.93 bits per heavy atom. The highest BCUT2D eigenvalue weighted by Crippen LogP contribution is 2.26. The van der Waals surface area contributed by atoms with Crippen LogP contribution in [0, 0.1) is 5.41 Å².